The summed E-state index contributed by atoms with van der Waals surface area (Å²) in [5.74, 6) is 2.26. The molecule has 0 atom stereocenters. The summed E-state index contributed by atoms with van der Waals surface area (Å²) >= 11 is 0. The van der Waals surface area contributed by atoms with Crippen molar-refractivity contribution >= 4 is 31.4 Å². The van der Waals surface area contributed by atoms with Crippen molar-refractivity contribution in [1.82, 2.24) is 0 Å². The minimum Gasteiger partial charge on any atom is -0.468 e. The molecule has 2 heterocycles. The Morgan fingerprint density at radius 1 is 0.739 bits per heavy atom. The first-order valence-electron chi connectivity index (χ1n) is 8.49. The summed E-state index contributed by atoms with van der Waals surface area (Å²) in [6.45, 7) is 4.46. The second kappa shape index (κ2) is 11.2. The Morgan fingerprint density at radius 2 is 1.22 bits per heavy atom. The van der Waals surface area contributed by atoms with E-state index in [1.165, 1.54) is 48.3 Å². The first kappa shape index (κ1) is 18.9. The van der Waals surface area contributed by atoms with E-state index in [0.29, 0.717) is 0 Å². The average Bonchev–Trinajstić information content (AvgIpc) is 3.18. The van der Waals surface area contributed by atoms with Crippen molar-refractivity contribution in [2.75, 3.05) is 0 Å². The van der Waals surface area contributed by atoms with Gasteiger partial charge in [-0.2, -0.15) is 0 Å². The van der Waals surface area contributed by atoms with Crippen molar-refractivity contribution in [3.63, 3.8) is 0 Å². The minimum absolute atomic E-state index is 1.04. The highest BCUT2D eigenvalue weighted by Crippen LogP contribution is 2.47. The molecule has 0 unspecified atom stereocenters. The fraction of sp³-hybridized carbons (Fsp3) is 0.556. The fourth-order valence-corrected chi connectivity index (χ4v) is 6.28. The number of furan rings is 2. The summed E-state index contributed by atoms with van der Waals surface area (Å²) in [6, 6.07) is 4.16. The molecule has 0 radical (unpaired) electrons. The molecule has 0 saturated heterocycles. The summed E-state index contributed by atoms with van der Waals surface area (Å²) in [4.78, 5) is 2.52. The van der Waals surface area contributed by atoms with Gasteiger partial charge in [0.05, 0.1) is 22.3 Å². The molecule has 0 saturated carbocycles. The number of hydrogen-bond donors (Lipinski definition) is 0. The predicted octanol–water partition coefficient (Wildman–Crippen LogP) is 7.79. The smallest absolute Gasteiger partial charge is 0.118 e. The van der Waals surface area contributed by atoms with Crippen LogP contribution in [0.5, 0.6) is 0 Å². The molecule has 0 aromatic carbocycles. The zero-order valence-corrected chi connectivity index (χ0v) is 16.5. The van der Waals surface area contributed by atoms with Gasteiger partial charge in [-0.15, -0.1) is 0 Å². The maximum Gasteiger partial charge on any atom is 0.118 e. The van der Waals surface area contributed by atoms with E-state index in [1.807, 2.05) is 12.5 Å². The van der Waals surface area contributed by atoms with Crippen LogP contribution < -0.4 is 0 Å². The molecule has 2 rings (SSSR count). The summed E-state index contributed by atoms with van der Waals surface area (Å²) in [6.07, 6.45) is 13.1. The van der Waals surface area contributed by atoms with Crippen LogP contribution in [0.4, 0.5) is 0 Å². The highest BCUT2D eigenvalue weighted by molar-refractivity contribution is 9.09. The molecule has 0 fully saturated rings. The Balaban J connectivity index is 1.77. The standard InChI is InChI=1S/C18H26O2S3/c1-3-5-7-9-15-17(11-13-19-15)21-23-22-18-12-14-20-16(18)10-8-6-4-2/h11-14H,3-10H2,1-2H3. The van der Waals surface area contributed by atoms with Gasteiger partial charge in [-0.25, -0.2) is 0 Å². The van der Waals surface area contributed by atoms with E-state index >= 15 is 0 Å². The Hall–Kier alpha value is -0.390. The third kappa shape index (κ3) is 6.55. The first-order valence-corrected chi connectivity index (χ1v) is 12.0. The molecule has 0 aliphatic heterocycles. The van der Waals surface area contributed by atoms with Crippen molar-refractivity contribution in [2.24, 2.45) is 0 Å². The second-order valence-electron chi connectivity index (χ2n) is 5.56. The first-order chi connectivity index (χ1) is 11.3. The summed E-state index contributed by atoms with van der Waals surface area (Å²) in [5.41, 5.74) is 0. The fourth-order valence-electron chi connectivity index (χ4n) is 2.33. The molecule has 128 valence electrons. The average molecular weight is 371 g/mol. The molecule has 0 bridgehead atoms. The minimum atomic E-state index is 1.04. The molecule has 2 aromatic heterocycles. The van der Waals surface area contributed by atoms with E-state index < -0.39 is 0 Å². The van der Waals surface area contributed by atoms with Crippen LogP contribution in [0.15, 0.2) is 43.3 Å². The van der Waals surface area contributed by atoms with Crippen LogP contribution in [0, 0.1) is 0 Å². The molecule has 0 spiro atoms. The lowest BCUT2D eigenvalue weighted by molar-refractivity contribution is 0.488. The van der Waals surface area contributed by atoms with Gasteiger partial charge in [0.25, 0.3) is 0 Å². The van der Waals surface area contributed by atoms with Gasteiger partial charge in [-0.3, -0.25) is 0 Å². The molecule has 5 heteroatoms. The highest BCUT2D eigenvalue weighted by Gasteiger charge is 2.11. The number of hydrogen-bond acceptors (Lipinski definition) is 5. The third-order valence-corrected chi connectivity index (χ3v) is 7.60. The van der Waals surface area contributed by atoms with Gasteiger partial charge in [-0.05, 0) is 56.4 Å². The van der Waals surface area contributed by atoms with E-state index in [9.17, 15) is 0 Å². The lowest BCUT2D eigenvalue weighted by atomic mass is 10.2. The van der Waals surface area contributed by atoms with Gasteiger partial charge >= 0.3 is 0 Å². The van der Waals surface area contributed by atoms with Gasteiger partial charge in [0.2, 0.25) is 0 Å². The summed E-state index contributed by atoms with van der Waals surface area (Å²) < 4.78 is 11.3. The van der Waals surface area contributed by atoms with Crippen molar-refractivity contribution in [2.45, 2.75) is 75.0 Å². The topological polar surface area (TPSA) is 26.3 Å². The van der Waals surface area contributed by atoms with Gasteiger partial charge in [0.15, 0.2) is 0 Å². The van der Waals surface area contributed by atoms with Crippen LogP contribution >= 0.6 is 31.4 Å². The van der Waals surface area contributed by atoms with E-state index in [0.717, 1.165) is 24.4 Å². The van der Waals surface area contributed by atoms with E-state index in [1.54, 1.807) is 31.4 Å². The molecular weight excluding hydrogens is 344 g/mol. The van der Waals surface area contributed by atoms with Crippen molar-refractivity contribution in [3.05, 3.63) is 36.2 Å². The number of unbranched alkanes of at least 4 members (excludes halogenated alkanes) is 4. The normalized spacial score (nSPS) is 11.2. The molecule has 2 nitrogen and oxygen atoms in total. The van der Waals surface area contributed by atoms with E-state index in [4.69, 9.17) is 8.83 Å². The van der Waals surface area contributed by atoms with E-state index in [-0.39, 0.29) is 0 Å². The van der Waals surface area contributed by atoms with Crippen LogP contribution in [0.1, 0.15) is 63.9 Å². The SMILES string of the molecule is CCCCCc1occc1SSSc1ccoc1CCCCC. The molecule has 2 aromatic rings. The molecular formula is C18H26O2S3. The molecule has 0 aliphatic rings. The molecule has 0 aliphatic carbocycles. The van der Waals surface area contributed by atoms with Crippen molar-refractivity contribution in [3.8, 4) is 0 Å². The number of aryl methyl sites for hydroxylation is 2. The van der Waals surface area contributed by atoms with Crippen LogP contribution in [-0.2, 0) is 12.8 Å². The zero-order chi connectivity index (χ0) is 16.3. The highest BCUT2D eigenvalue weighted by atomic mass is 33.5. The summed E-state index contributed by atoms with van der Waals surface area (Å²) in [7, 11) is 5.37. The van der Waals surface area contributed by atoms with Crippen LogP contribution in [0.3, 0.4) is 0 Å². The van der Waals surface area contributed by atoms with Gasteiger partial charge in [0, 0.05) is 12.8 Å². The van der Waals surface area contributed by atoms with E-state index in [2.05, 4.69) is 26.0 Å². The Kier molecular flexibility index (Phi) is 9.24. The van der Waals surface area contributed by atoms with Gasteiger partial charge < -0.3 is 8.83 Å². The lowest BCUT2D eigenvalue weighted by Crippen LogP contribution is -1.84. The molecule has 0 N–H and O–H groups in total. The van der Waals surface area contributed by atoms with Crippen LogP contribution in [-0.4, -0.2) is 0 Å². The predicted molar refractivity (Wildman–Crippen MR) is 103 cm³/mol. The largest absolute Gasteiger partial charge is 0.468 e. The van der Waals surface area contributed by atoms with Crippen molar-refractivity contribution < 1.29 is 8.83 Å². The Morgan fingerprint density at radius 3 is 1.65 bits per heavy atom. The lowest BCUT2D eigenvalue weighted by Gasteiger charge is -2.03. The Bertz CT molecular complexity index is 500. The zero-order valence-electron chi connectivity index (χ0n) is 14.0. The molecule has 0 amide bonds. The summed E-state index contributed by atoms with van der Waals surface area (Å²) in [5, 5.41) is 0. The van der Waals surface area contributed by atoms with Crippen molar-refractivity contribution in [1.29, 1.82) is 0 Å². The number of rotatable bonds is 12. The van der Waals surface area contributed by atoms with Crippen LogP contribution in [0.25, 0.3) is 0 Å². The van der Waals surface area contributed by atoms with Gasteiger partial charge in [0.1, 0.15) is 11.5 Å². The monoisotopic (exact) mass is 370 g/mol. The quantitative estimate of drug-likeness (QED) is 0.281. The Labute approximate surface area is 151 Å². The van der Waals surface area contributed by atoms with Gasteiger partial charge in [-0.1, -0.05) is 39.5 Å². The second-order valence-corrected chi connectivity index (χ2v) is 9.55. The maximum absolute atomic E-state index is 5.63. The third-order valence-electron chi connectivity index (χ3n) is 3.67. The van der Waals surface area contributed by atoms with Crippen LogP contribution in [0.2, 0.25) is 0 Å². The molecule has 23 heavy (non-hydrogen) atoms. The maximum atomic E-state index is 5.63.